The van der Waals surface area contributed by atoms with Crippen LogP contribution in [0, 0.1) is 39.4 Å². The molecule has 2 aromatic rings. The number of hydrogen-bond acceptors (Lipinski definition) is 10. The first-order chi connectivity index (χ1) is 34.2. The molecule has 3 atom stereocenters. The summed E-state index contributed by atoms with van der Waals surface area (Å²) in [5.41, 5.74) is 4.83. The van der Waals surface area contributed by atoms with E-state index in [1.807, 2.05) is 13.8 Å². The van der Waals surface area contributed by atoms with Crippen molar-refractivity contribution in [1.29, 1.82) is 0 Å². The quantitative estimate of drug-likeness (QED) is 0.0607. The van der Waals surface area contributed by atoms with Crippen LogP contribution >= 0.6 is 24.2 Å². The van der Waals surface area contributed by atoms with E-state index in [0.717, 1.165) is 62.5 Å². The number of benzene rings is 2. The Morgan fingerprint density at radius 2 is 1.01 bits per heavy atom. The molecule has 452 valence electrons. The third-order valence-corrected chi connectivity index (χ3v) is 16.2. The molecule has 4 fully saturated rings. The van der Waals surface area contributed by atoms with Gasteiger partial charge in [-0.3, -0.25) is 38.6 Å². The molecule has 0 saturated heterocycles. The number of sulfonamides is 1. The molecule has 12 nitrogen and oxygen atoms in total. The Bertz CT molecular complexity index is 2370. The van der Waals surface area contributed by atoms with Crippen molar-refractivity contribution in [3.63, 3.8) is 0 Å². The van der Waals surface area contributed by atoms with Gasteiger partial charge < -0.3 is 7.16 Å². The van der Waals surface area contributed by atoms with Crippen LogP contribution < -0.4 is 29.3 Å². The van der Waals surface area contributed by atoms with Gasteiger partial charge in [0.15, 0.2) is 0 Å². The molecule has 3 N–H and O–H groups in total. The van der Waals surface area contributed by atoms with Crippen molar-refractivity contribution in [2.24, 2.45) is 45.1 Å². The summed E-state index contributed by atoms with van der Waals surface area (Å²) in [5, 5.41) is 0. The fourth-order valence-electron chi connectivity index (χ4n) is 10.2. The standard InChI is InChI=1S/C17H19NO3.C10H19F2NO2S.C9H6ClNO2.C9H17F2N.C8H14O.CH4S.5CH4.Li.H/c1-17(2)9-5-6-11(14(17)19)10-18-15(20)12-7-3-4-8-13(12)16(18)21;1-9(2)6-4-5-8(10(9,11)12)7-13-16(3,14)15;10-5-11-8(12)6-3-1-2-4-7(6)9(11)13;1-8(2)5-3-4-7(6-12)9(8,10)11;1-8(2)6-4-3-5-7(8)9;1-2;;;;;;;/h3-4,7-8,11H,5-6,9-10H2,1-2H3;8,13H,4-7H2,1-3H3;1-4H,5H2;7H,3-6,12H2,1-2H3;3-6H2,1-2H3;2H,1H3;5*1H4;;/q;;;;;;;;;;;+1;-1/i;;;;;1D;;;;;;;. The van der Waals surface area contributed by atoms with Gasteiger partial charge in [0.1, 0.15) is 17.6 Å². The smallest absolute Gasteiger partial charge is 1.00 e. The zero-order valence-electron chi connectivity index (χ0n) is 47.1. The van der Waals surface area contributed by atoms with Crippen molar-refractivity contribution < 1.29 is 76.4 Å². The summed E-state index contributed by atoms with van der Waals surface area (Å²) in [5.74, 6) is -7.67. The molecule has 4 saturated carbocycles. The number of carbonyl (C=O) groups excluding carboxylic acids is 6. The van der Waals surface area contributed by atoms with E-state index in [9.17, 15) is 54.7 Å². The number of nitrogens with zero attached hydrogens (tertiary/aromatic N) is 2. The van der Waals surface area contributed by atoms with E-state index in [-0.39, 0.29) is 135 Å². The van der Waals surface area contributed by atoms with Gasteiger partial charge in [-0.15, -0.1) is 11.6 Å². The van der Waals surface area contributed by atoms with Crippen molar-refractivity contribution >= 4 is 69.4 Å². The number of thiol groups is 1. The predicted octanol–water partition coefficient (Wildman–Crippen LogP) is 11.6. The number of ketones is 2. The summed E-state index contributed by atoms with van der Waals surface area (Å²) < 4.78 is 85.1. The van der Waals surface area contributed by atoms with Crippen LogP contribution in [0.15, 0.2) is 48.5 Å². The number of Topliss-reactive ketones (excluding diaryl/α,β-unsaturated/α-hetero) is 2. The van der Waals surface area contributed by atoms with Gasteiger partial charge in [0, 0.05) is 66.8 Å². The number of hydrogen-bond donors (Lipinski definition) is 3. The Morgan fingerprint density at radius 1 is 0.646 bits per heavy atom. The molecule has 4 amide bonds. The third kappa shape index (κ3) is 20.3. The second kappa shape index (κ2) is 33.9. The van der Waals surface area contributed by atoms with Crippen LogP contribution in [0.4, 0.5) is 17.6 Å². The number of imide groups is 2. The topological polar surface area (TPSA) is 181 Å². The van der Waals surface area contributed by atoms with E-state index in [2.05, 4.69) is 31.2 Å². The van der Waals surface area contributed by atoms with E-state index in [4.69, 9.17) is 18.7 Å². The van der Waals surface area contributed by atoms with Crippen LogP contribution in [-0.2, 0) is 19.6 Å². The monoisotopic (exact) mass is 1180 g/mol. The minimum atomic E-state index is -3.39. The average Bonchev–Trinajstić information content (AvgIpc) is 3.71. The van der Waals surface area contributed by atoms with Crippen molar-refractivity contribution in [1.82, 2.24) is 14.5 Å². The maximum atomic E-state index is 14.0. The Balaban J connectivity index is -0.000000294. The largest absolute Gasteiger partial charge is 1.00 e. The van der Waals surface area contributed by atoms with Gasteiger partial charge >= 0.3 is 18.9 Å². The van der Waals surface area contributed by atoms with Crippen molar-refractivity contribution in [3.05, 3.63) is 70.8 Å². The maximum Gasteiger partial charge on any atom is 1.00 e. The number of nitrogens with one attached hydrogen (secondary N) is 1. The summed E-state index contributed by atoms with van der Waals surface area (Å²) in [6.07, 6.45) is 11.7. The molecule has 0 aromatic heterocycles. The average molecular weight is 1180 g/mol. The molecule has 4 aliphatic carbocycles. The SMILES string of the molecule is C.C.C.C.C.CC1(C)CCCC(CN)C1(F)F.CC1(C)CCCC(CN2C(=O)c3ccccc3C2=O)C1=O.CC1(C)CCCC(CNS(C)(=O)=O)C1(F)F.CC1(C)CCCCC1=O.O=C1c2ccccc2C(=O)N1CCl.[2H]CS.[H-].[Li+]. The van der Waals surface area contributed by atoms with Crippen LogP contribution in [0.25, 0.3) is 0 Å². The molecular formula is C59H100ClF4LiN4O8S2. The minimum Gasteiger partial charge on any atom is -1.00 e. The maximum absolute atomic E-state index is 14.0. The van der Waals surface area contributed by atoms with E-state index >= 15 is 0 Å². The molecule has 2 heterocycles. The van der Waals surface area contributed by atoms with Crippen molar-refractivity contribution in [2.45, 2.75) is 188 Å². The summed E-state index contributed by atoms with van der Waals surface area (Å²) in [4.78, 5) is 73.5. The molecule has 0 radical (unpaired) electrons. The Morgan fingerprint density at radius 3 is 1.35 bits per heavy atom. The van der Waals surface area contributed by atoms with E-state index in [1.54, 1.807) is 76.2 Å². The number of alkyl halides is 5. The molecule has 8 rings (SSSR count). The van der Waals surface area contributed by atoms with Crippen LogP contribution in [0.3, 0.4) is 0 Å². The van der Waals surface area contributed by atoms with Crippen molar-refractivity contribution in [3.8, 4) is 0 Å². The molecule has 2 aliphatic heterocycles. The number of nitrogens with two attached hydrogens (primary N) is 1. The second-order valence-corrected chi connectivity index (χ2v) is 24.4. The minimum absolute atomic E-state index is 0. The summed E-state index contributed by atoms with van der Waals surface area (Å²) in [6.45, 7) is 14.5. The molecule has 6 aliphatic rings. The number of rotatable bonds is 7. The van der Waals surface area contributed by atoms with Gasteiger partial charge in [0.05, 0.1) is 28.5 Å². The summed E-state index contributed by atoms with van der Waals surface area (Å²) >= 11 is 8.93. The molecule has 3 unspecified atom stereocenters. The third-order valence-electron chi connectivity index (χ3n) is 15.3. The van der Waals surface area contributed by atoms with E-state index in [0.29, 0.717) is 53.7 Å². The Labute approximate surface area is 499 Å². The Kier molecular flexibility index (Phi) is 34.3. The number of carbonyl (C=O) groups is 6. The molecule has 2 aromatic carbocycles. The normalized spacial score (nSPS) is 23.1. The van der Waals surface area contributed by atoms with Gasteiger partial charge in [0.25, 0.3) is 35.5 Å². The molecule has 20 heteroatoms. The number of amides is 4. The number of fused-ring (bicyclic) bond motifs is 2. The first-order valence-electron chi connectivity index (χ1n) is 25.7. The zero-order valence-corrected chi connectivity index (χ0v) is 47.5. The van der Waals surface area contributed by atoms with E-state index < -0.39 is 44.5 Å². The molecule has 0 spiro atoms. The van der Waals surface area contributed by atoms with Gasteiger partial charge in [0.2, 0.25) is 10.0 Å². The number of halogens is 5. The Hall–Kier alpha value is -3.11. The van der Waals surface area contributed by atoms with Crippen LogP contribution in [0.1, 0.15) is 220 Å². The first-order valence-corrected chi connectivity index (χ1v) is 28.1. The van der Waals surface area contributed by atoms with Crippen LogP contribution in [-0.4, -0.2) is 103 Å². The first kappa shape index (κ1) is 80.1. The fourth-order valence-corrected chi connectivity index (χ4v) is 10.9. The van der Waals surface area contributed by atoms with Crippen LogP contribution in [0.2, 0.25) is 0 Å². The van der Waals surface area contributed by atoms with Gasteiger partial charge in [-0.05, 0) is 81.9 Å². The molecular weight excluding hydrogens is 1080 g/mol. The van der Waals surface area contributed by atoms with Crippen molar-refractivity contribution in [2.75, 3.05) is 38.1 Å². The second-order valence-electron chi connectivity index (χ2n) is 22.4. The van der Waals surface area contributed by atoms with Crippen LogP contribution in [0.5, 0.6) is 0 Å². The molecule has 0 bridgehead atoms. The molecule has 79 heavy (non-hydrogen) atoms. The summed E-state index contributed by atoms with van der Waals surface area (Å²) in [7, 11) is -3.39. The van der Waals surface area contributed by atoms with Gasteiger partial charge in [-0.25, -0.2) is 30.7 Å². The van der Waals surface area contributed by atoms with Gasteiger partial charge in [-0.1, -0.05) is 142 Å². The van der Waals surface area contributed by atoms with E-state index in [1.165, 1.54) is 11.3 Å². The van der Waals surface area contributed by atoms with Gasteiger partial charge in [-0.2, -0.15) is 12.6 Å². The zero-order chi connectivity index (χ0) is 56.3. The predicted molar refractivity (Wildman–Crippen MR) is 317 cm³/mol. The fraction of sp³-hybridized carbons (Fsp3) is 0.695. The summed E-state index contributed by atoms with van der Waals surface area (Å²) in [6, 6.07) is 13.5.